The second-order valence-corrected chi connectivity index (χ2v) is 7.09. The van der Waals surface area contributed by atoms with Gasteiger partial charge < -0.3 is 4.74 Å². The van der Waals surface area contributed by atoms with Gasteiger partial charge in [0, 0.05) is 4.88 Å². The molecular formula is C16H13NO2S3. The molecule has 1 saturated heterocycles. The summed E-state index contributed by atoms with van der Waals surface area (Å²) >= 11 is 8.31. The fraction of sp³-hybridized carbons (Fsp3) is 0.125. The Labute approximate surface area is 142 Å². The predicted molar refractivity (Wildman–Crippen MR) is 97.6 cm³/mol. The van der Waals surface area contributed by atoms with E-state index in [1.165, 1.54) is 11.8 Å². The summed E-state index contributed by atoms with van der Waals surface area (Å²) in [6.45, 7) is 2.45. The Morgan fingerprint density at radius 3 is 2.82 bits per heavy atom. The van der Waals surface area contributed by atoms with Crippen LogP contribution in [0.15, 0.2) is 46.7 Å². The highest BCUT2D eigenvalue weighted by atomic mass is 32.2. The summed E-state index contributed by atoms with van der Waals surface area (Å²) in [6, 6.07) is 11.4. The second-order valence-electron chi connectivity index (χ2n) is 4.43. The Bertz CT molecular complexity index is 738. The maximum Gasteiger partial charge on any atom is 0.270 e. The lowest BCUT2D eigenvalue weighted by atomic mass is 10.2. The maximum atomic E-state index is 12.7. The third-order valence-corrected chi connectivity index (χ3v) is 5.14. The number of carbonyl (C=O) groups excluding carboxylic acids is 1. The molecule has 0 N–H and O–H groups in total. The van der Waals surface area contributed by atoms with E-state index in [1.54, 1.807) is 16.2 Å². The SMILES string of the molecule is CCOc1ccccc1N1C(=O)C(=Cc2cccs2)SC1=S. The van der Waals surface area contributed by atoms with Crippen molar-refractivity contribution in [2.45, 2.75) is 6.92 Å². The topological polar surface area (TPSA) is 29.5 Å². The van der Waals surface area contributed by atoms with E-state index in [9.17, 15) is 4.79 Å². The molecule has 0 atom stereocenters. The molecule has 112 valence electrons. The van der Waals surface area contributed by atoms with Gasteiger partial charge in [0.25, 0.3) is 5.91 Å². The molecule has 0 spiro atoms. The molecule has 0 saturated carbocycles. The van der Waals surface area contributed by atoms with Crippen LogP contribution in [0.2, 0.25) is 0 Å². The summed E-state index contributed by atoms with van der Waals surface area (Å²) in [5, 5.41) is 1.98. The number of ether oxygens (including phenoxy) is 1. The highest BCUT2D eigenvalue weighted by Crippen LogP contribution is 2.40. The molecule has 0 aliphatic carbocycles. The van der Waals surface area contributed by atoms with E-state index in [2.05, 4.69) is 0 Å². The van der Waals surface area contributed by atoms with Crippen molar-refractivity contribution >= 4 is 57.3 Å². The van der Waals surface area contributed by atoms with Gasteiger partial charge in [-0.15, -0.1) is 11.3 Å². The van der Waals surface area contributed by atoms with E-state index in [0.717, 1.165) is 4.88 Å². The van der Waals surface area contributed by atoms with Gasteiger partial charge in [0.15, 0.2) is 4.32 Å². The molecule has 1 aliphatic rings. The van der Waals surface area contributed by atoms with Gasteiger partial charge in [-0.3, -0.25) is 9.69 Å². The van der Waals surface area contributed by atoms with Crippen LogP contribution in [0.5, 0.6) is 5.75 Å². The van der Waals surface area contributed by atoms with Gasteiger partial charge in [-0.2, -0.15) is 0 Å². The Hall–Kier alpha value is -1.63. The summed E-state index contributed by atoms with van der Waals surface area (Å²) < 4.78 is 6.13. The Morgan fingerprint density at radius 2 is 2.09 bits per heavy atom. The third-order valence-electron chi connectivity index (χ3n) is 3.02. The first-order valence-corrected chi connectivity index (χ1v) is 8.84. The fourth-order valence-electron chi connectivity index (χ4n) is 2.10. The first-order chi connectivity index (χ1) is 10.7. The maximum absolute atomic E-state index is 12.7. The molecular weight excluding hydrogens is 334 g/mol. The summed E-state index contributed by atoms with van der Waals surface area (Å²) in [6.07, 6.45) is 1.88. The van der Waals surface area contributed by atoms with Gasteiger partial charge >= 0.3 is 0 Å². The van der Waals surface area contributed by atoms with Gasteiger partial charge in [0.05, 0.1) is 17.2 Å². The minimum absolute atomic E-state index is 0.101. The van der Waals surface area contributed by atoms with Crippen LogP contribution >= 0.6 is 35.3 Å². The molecule has 1 aromatic heterocycles. The lowest BCUT2D eigenvalue weighted by molar-refractivity contribution is -0.113. The van der Waals surface area contributed by atoms with E-state index in [1.807, 2.05) is 54.8 Å². The predicted octanol–water partition coefficient (Wildman–Crippen LogP) is 4.55. The average molecular weight is 347 g/mol. The Balaban J connectivity index is 1.96. The van der Waals surface area contributed by atoms with E-state index in [4.69, 9.17) is 17.0 Å². The Morgan fingerprint density at radius 1 is 1.27 bits per heavy atom. The number of hydrogen-bond acceptors (Lipinski definition) is 5. The second kappa shape index (κ2) is 6.64. The average Bonchev–Trinajstić information content (AvgIpc) is 3.10. The van der Waals surface area contributed by atoms with Crippen molar-refractivity contribution in [2.75, 3.05) is 11.5 Å². The zero-order chi connectivity index (χ0) is 15.5. The van der Waals surface area contributed by atoms with Gasteiger partial charge in [-0.05, 0) is 36.6 Å². The number of nitrogens with zero attached hydrogens (tertiary/aromatic N) is 1. The molecule has 1 aliphatic heterocycles. The minimum atomic E-state index is -0.101. The zero-order valence-corrected chi connectivity index (χ0v) is 14.3. The van der Waals surface area contributed by atoms with Crippen LogP contribution in [0.1, 0.15) is 11.8 Å². The largest absolute Gasteiger partial charge is 0.492 e. The summed E-state index contributed by atoms with van der Waals surface area (Å²) in [5.74, 6) is 0.564. The number of para-hydroxylation sites is 2. The number of rotatable bonds is 4. The van der Waals surface area contributed by atoms with Crippen LogP contribution in [0, 0.1) is 0 Å². The quantitative estimate of drug-likeness (QED) is 0.599. The van der Waals surface area contributed by atoms with Crippen molar-refractivity contribution in [1.29, 1.82) is 0 Å². The molecule has 2 aromatic rings. The van der Waals surface area contributed by atoms with E-state index < -0.39 is 0 Å². The number of amides is 1. The van der Waals surface area contributed by atoms with Crippen LogP contribution in [-0.4, -0.2) is 16.8 Å². The van der Waals surface area contributed by atoms with Crippen LogP contribution in [0.25, 0.3) is 6.08 Å². The monoisotopic (exact) mass is 347 g/mol. The van der Waals surface area contributed by atoms with E-state index in [-0.39, 0.29) is 5.91 Å². The van der Waals surface area contributed by atoms with Gasteiger partial charge in [0.2, 0.25) is 0 Å². The molecule has 1 fully saturated rings. The van der Waals surface area contributed by atoms with Crippen LogP contribution in [0.4, 0.5) is 5.69 Å². The van der Waals surface area contributed by atoms with Crippen LogP contribution in [-0.2, 0) is 4.79 Å². The smallest absolute Gasteiger partial charge is 0.270 e. The van der Waals surface area contributed by atoms with Gasteiger partial charge in [-0.25, -0.2) is 0 Å². The molecule has 1 amide bonds. The highest BCUT2D eigenvalue weighted by Gasteiger charge is 2.34. The highest BCUT2D eigenvalue weighted by molar-refractivity contribution is 8.27. The van der Waals surface area contributed by atoms with Crippen molar-refractivity contribution < 1.29 is 9.53 Å². The van der Waals surface area contributed by atoms with Crippen LogP contribution in [0.3, 0.4) is 0 Å². The van der Waals surface area contributed by atoms with Crippen molar-refractivity contribution in [3.8, 4) is 5.75 Å². The number of carbonyl (C=O) groups is 1. The van der Waals surface area contributed by atoms with Crippen LogP contribution < -0.4 is 9.64 Å². The summed E-state index contributed by atoms with van der Waals surface area (Å²) in [7, 11) is 0. The molecule has 3 rings (SSSR count). The summed E-state index contributed by atoms with van der Waals surface area (Å²) in [5.41, 5.74) is 0.696. The molecule has 0 unspecified atom stereocenters. The van der Waals surface area contributed by atoms with E-state index >= 15 is 0 Å². The number of thiocarbonyl (C=S) groups is 1. The number of thiophene rings is 1. The molecule has 1 aromatic carbocycles. The molecule has 3 nitrogen and oxygen atoms in total. The first-order valence-electron chi connectivity index (χ1n) is 6.74. The number of anilines is 1. The zero-order valence-electron chi connectivity index (χ0n) is 11.8. The van der Waals surface area contributed by atoms with Gasteiger partial charge in [0.1, 0.15) is 5.75 Å². The van der Waals surface area contributed by atoms with Crippen molar-refractivity contribution in [1.82, 2.24) is 0 Å². The standard InChI is InChI=1S/C16H13NO2S3/c1-2-19-13-8-4-3-7-12(13)17-15(18)14(22-16(17)20)10-11-6-5-9-21-11/h3-10H,2H2,1H3. The number of thioether (sulfide) groups is 1. The Kier molecular flexibility index (Phi) is 4.61. The fourth-order valence-corrected chi connectivity index (χ4v) is 4.11. The normalized spacial score (nSPS) is 16.6. The molecule has 0 bridgehead atoms. The van der Waals surface area contributed by atoms with E-state index in [0.29, 0.717) is 27.3 Å². The van der Waals surface area contributed by atoms with Gasteiger partial charge in [-0.1, -0.05) is 42.2 Å². The number of hydrogen-bond donors (Lipinski definition) is 0. The molecule has 0 radical (unpaired) electrons. The lowest BCUT2D eigenvalue weighted by Gasteiger charge is -2.18. The molecule has 2 heterocycles. The first kappa shape index (κ1) is 15.3. The van der Waals surface area contributed by atoms with Crippen molar-refractivity contribution in [3.63, 3.8) is 0 Å². The molecule has 22 heavy (non-hydrogen) atoms. The lowest BCUT2D eigenvalue weighted by Crippen LogP contribution is -2.28. The minimum Gasteiger partial charge on any atom is -0.492 e. The van der Waals surface area contributed by atoms with Crippen molar-refractivity contribution in [2.24, 2.45) is 0 Å². The van der Waals surface area contributed by atoms with Crippen molar-refractivity contribution in [3.05, 3.63) is 51.6 Å². The summed E-state index contributed by atoms with van der Waals surface area (Å²) in [4.78, 5) is 15.9. The third kappa shape index (κ3) is 2.95. The molecule has 6 heteroatoms. The number of benzene rings is 1.